The first-order valence-electron chi connectivity index (χ1n) is 5.89. The van der Waals surface area contributed by atoms with Gasteiger partial charge in [0.15, 0.2) is 0 Å². The normalized spacial score (nSPS) is 38.0. The van der Waals surface area contributed by atoms with Gasteiger partial charge in [-0.05, 0) is 42.2 Å². The zero-order valence-electron chi connectivity index (χ0n) is 8.78. The molecule has 0 heterocycles. The number of rotatable bonds is 1. The Balaban J connectivity index is 1.92. The smallest absolute Gasteiger partial charge is 0.314 e. The van der Waals surface area contributed by atoms with E-state index in [9.17, 15) is 4.79 Å². The van der Waals surface area contributed by atoms with Crippen molar-refractivity contribution in [1.29, 1.82) is 0 Å². The lowest BCUT2D eigenvalue weighted by Gasteiger charge is -2.37. The largest absolute Gasteiger partial charge is 0.481 e. The molecule has 0 aromatic heterocycles. The number of hydrogen-bond acceptors (Lipinski definition) is 1. The third kappa shape index (κ3) is 1.43. The van der Waals surface area contributed by atoms with E-state index in [-0.39, 0.29) is 5.92 Å². The maximum absolute atomic E-state index is 10.9. The number of aliphatic carboxylic acids is 1. The molecular weight excluding hydrogens is 188 g/mol. The summed E-state index contributed by atoms with van der Waals surface area (Å²) in [6.07, 6.45) is 10.3. The van der Waals surface area contributed by atoms with Crippen LogP contribution in [-0.2, 0) is 4.79 Å². The Kier molecular flexibility index (Phi) is 1.98. The molecule has 3 aliphatic carbocycles. The van der Waals surface area contributed by atoms with Crippen molar-refractivity contribution in [2.45, 2.75) is 32.1 Å². The van der Waals surface area contributed by atoms with E-state index in [4.69, 9.17) is 5.11 Å². The molecule has 2 saturated carbocycles. The van der Waals surface area contributed by atoms with Crippen LogP contribution in [0.15, 0.2) is 23.3 Å². The van der Waals surface area contributed by atoms with Crippen LogP contribution in [0, 0.1) is 17.8 Å². The zero-order chi connectivity index (χ0) is 10.4. The van der Waals surface area contributed by atoms with Gasteiger partial charge in [0, 0.05) is 0 Å². The van der Waals surface area contributed by atoms with Crippen LogP contribution in [0.1, 0.15) is 32.1 Å². The SMILES string of the molecule is O=C(O)C1C=C2CC3CCCC(C3)C2=C1. The highest BCUT2D eigenvalue weighted by molar-refractivity contribution is 5.77. The average Bonchev–Trinajstić information content (AvgIpc) is 2.62. The van der Waals surface area contributed by atoms with Gasteiger partial charge in [0.25, 0.3) is 0 Å². The van der Waals surface area contributed by atoms with Gasteiger partial charge < -0.3 is 5.11 Å². The van der Waals surface area contributed by atoms with Gasteiger partial charge in [0.2, 0.25) is 0 Å². The highest BCUT2D eigenvalue weighted by atomic mass is 16.4. The number of carboxylic acid groups (broad SMARTS) is 1. The van der Waals surface area contributed by atoms with Gasteiger partial charge in [0.1, 0.15) is 0 Å². The van der Waals surface area contributed by atoms with Gasteiger partial charge in [-0.25, -0.2) is 0 Å². The second kappa shape index (κ2) is 3.22. The molecule has 80 valence electrons. The third-order valence-corrected chi connectivity index (χ3v) is 4.13. The fourth-order valence-electron chi connectivity index (χ4n) is 3.46. The highest BCUT2D eigenvalue weighted by Crippen LogP contribution is 2.48. The molecule has 2 heteroatoms. The monoisotopic (exact) mass is 204 g/mol. The van der Waals surface area contributed by atoms with Crippen LogP contribution in [0.25, 0.3) is 0 Å². The Labute approximate surface area is 89.7 Å². The molecule has 0 amide bonds. The molecule has 0 aromatic rings. The van der Waals surface area contributed by atoms with E-state index < -0.39 is 5.97 Å². The predicted octanol–water partition coefficient (Wildman–Crippen LogP) is 2.76. The lowest BCUT2D eigenvalue weighted by Crippen LogP contribution is -2.23. The molecule has 3 rings (SSSR count). The van der Waals surface area contributed by atoms with Crippen LogP contribution in [-0.4, -0.2) is 11.1 Å². The quantitative estimate of drug-likeness (QED) is 0.713. The molecule has 0 radical (unpaired) electrons. The molecule has 1 N–H and O–H groups in total. The molecule has 3 aliphatic rings. The van der Waals surface area contributed by atoms with Crippen LogP contribution < -0.4 is 0 Å². The Morgan fingerprint density at radius 1 is 1.33 bits per heavy atom. The van der Waals surface area contributed by atoms with Gasteiger partial charge in [-0.3, -0.25) is 4.79 Å². The molecule has 2 nitrogen and oxygen atoms in total. The van der Waals surface area contributed by atoms with Gasteiger partial charge in [0.05, 0.1) is 5.92 Å². The Hall–Kier alpha value is -1.05. The minimum atomic E-state index is -0.695. The van der Waals surface area contributed by atoms with E-state index in [1.54, 1.807) is 0 Å². The van der Waals surface area contributed by atoms with Crippen LogP contribution >= 0.6 is 0 Å². The molecule has 0 aromatic carbocycles. The molecule has 0 spiro atoms. The minimum absolute atomic E-state index is 0.339. The van der Waals surface area contributed by atoms with Crippen molar-refractivity contribution < 1.29 is 9.90 Å². The summed E-state index contributed by atoms with van der Waals surface area (Å²) in [6.45, 7) is 0. The summed E-state index contributed by atoms with van der Waals surface area (Å²) < 4.78 is 0. The van der Waals surface area contributed by atoms with Crippen LogP contribution in [0.3, 0.4) is 0 Å². The Bertz CT molecular complexity index is 365. The molecule has 3 atom stereocenters. The lowest BCUT2D eigenvalue weighted by molar-refractivity contribution is -0.138. The van der Waals surface area contributed by atoms with Crippen LogP contribution in [0.4, 0.5) is 0 Å². The van der Waals surface area contributed by atoms with Crippen molar-refractivity contribution in [3.63, 3.8) is 0 Å². The van der Waals surface area contributed by atoms with Crippen LogP contribution in [0.5, 0.6) is 0 Å². The van der Waals surface area contributed by atoms with Gasteiger partial charge in [-0.15, -0.1) is 0 Å². The Morgan fingerprint density at radius 2 is 2.20 bits per heavy atom. The first kappa shape index (κ1) is 9.20. The Morgan fingerprint density at radius 3 is 3.00 bits per heavy atom. The third-order valence-electron chi connectivity index (χ3n) is 4.13. The fourth-order valence-corrected chi connectivity index (χ4v) is 3.46. The standard InChI is InChI=1S/C13H16O2/c14-13(15)11-6-10-5-8-2-1-3-9(4-8)12(10)7-11/h6-9,11H,1-5H2,(H,14,15). The first-order valence-corrected chi connectivity index (χ1v) is 5.89. The van der Waals surface area contributed by atoms with Gasteiger partial charge >= 0.3 is 5.97 Å². The number of carbonyl (C=O) groups is 1. The summed E-state index contributed by atoms with van der Waals surface area (Å²) in [5, 5.41) is 9.01. The molecular formula is C13H16O2. The summed E-state index contributed by atoms with van der Waals surface area (Å²) in [5.74, 6) is 0.473. The molecule has 3 unspecified atom stereocenters. The van der Waals surface area contributed by atoms with Crippen molar-refractivity contribution >= 4 is 5.97 Å². The van der Waals surface area contributed by atoms with E-state index in [1.807, 2.05) is 12.2 Å². The van der Waals surface area contributed by atoms with Gasteiger partial charge in [-0.2, -0.15) is 0 Å². The first-order chi connectivity index (χ1) is 7.24. The molecule has 0 aliphatic heterocycles. The highest BCUT2D eigenvalue weighted by Gasteiger charge is 2.36. The molecule has 2 bridgehead atoms. The second-order valence-corrected chi connectivity index (χ2v) is 5.11. The summed E-state index contributed by atoms with van der Waals surface area (Å²) in [7, 11) is 0. The number of allylic oxidation sites excluding steroid dienone is 2. The fraction of sp³-hybridized carbons (Fsp3) is 0.615. The summed E-state index contributed by atoms with van der Waals surface area (Å²) in [5.41, 5.74) is 2.72. The van der Waals surface area contributed by atoms with Crippen LogP contribution in [0.2, 0.25) is 0 Å². The minimum Gasteiger partial charge on any atom is -0.481 e. The summed E-state index contributed by atoms with van der Waals surface area (Å²) >= 11 is 0. The topological polar surface area (TPSA) is 37.3 Å². The predicted molar refractivity (Wildman–Crippen MR) is 57.4 cm³/mol. The van der Waals surface area contributed by atoms with E-state index >= 15 is 0 Å². The van der Waals surface area contributed by atoms with Crippen molar-refractivity contribution in [1.82, 2.24) is 0 Å². The maximum atomic E-state index is 10.9. The number of carboxylic acids is 1. The van der Waals surface area contributed by atoms with E-state index in [0.29, 0.717) is 5.92 Å². The lowest BCUT2D eigenvalue weighted by atomic mass is 9.68. The second-order valence-electron chi connectivity index (χ2n) is 5.11. The molecule has 2 fully saturated rings. The van der Waals surface area contributed by atoms with Gasteiger partial charge in [-0.1, -0.05) is 25.0 Å². The van der Waals surface area contributed by atoms with E-state index in [1.165, 1.54) is 36.8 Å². The van der Waals surface area contributed by atoms with Crippen molar-refractivity contribution in [3.05, 3.63) is 23.3 Å². The van der Waals surface area contributed by atoms with Crippen molar-refractivity contribution in [3.8, 4) is 0 Å². The van der Waals surface area contributed by atoms with Crippen molar-refractivity contribution in [2.75, 3.05) is 0 Å². The van der Waals surface area contributed by atoms with E-state index in [2.05, 4.69) is 0 Å². The van der Waals surface area contributed by atoms with E-state index in [0.717, 1.165) is 12.3 Å². The maximum Gasteiger partial charge on any atom is 0.314 e. The molecule has 0 saturated heterocycles. The average molecular weight is 204 g/mol. The molecule has 15 heavy (non-hydrogen) atoms. The summed E-state index contributed by atoms with van der Waals surface area (Å²) in [6, 6.07) is 0. The zero-order valence-corrected chi connectivity index (χ0v) is 8.78. The van der Waals surface area contributed by atoms with Crippen molar-refractivity contribution in [2.24, 2.45) is 17.8 Å². The summed E-state index contributed by atoms with van der Waals surface area (Å²) in [4.78, 5) is 10.9. The number of hydrogen-bond donors (Lipinski definition) is 1. The number of fused-ring (bicyclic) bond motifs is 4.